The first-order chi connectivity index (χ1) is 19.8. The molecule has 12 heteroatoms. The van der Waals surface area contributed by atoms with Gasteiger partial charge in [-0.05, 0) is 32.3 Å². The van der Waals surface area contributed by atoms with Crippen LogP contribution in [0.15, 0.2) is 34.8 Å². The Morgan fingerprint density at radius 1 is 1.24 bits per heavy atom. The maximum Gasteiger partial charge on any atom is 0.407 e. The maximum atomic E-state index is 13.7. The number of hydrogen-bond donors (Lipinski definition) is 2. The van der Waals surface area contributed by atoms with Crippen LogP contribution in [-0.2, 0) is 4.79 Å². The van der Waals surface area contributed by atoms with Crippen LogP contribution in [0.1, 0.15) is 78.8 Å². The molecule has 1 spiro atoms. The maximum absolute atomic E-state index is 13.7. The minimum absolute atomic E-state index is 0.261. The second kappa shape index (κ2) is 17.8. The molecule has 4 rings (SSSR count). The summed E-state index contributed by atoms with van der Waals surface area (Å²) in [4.78, 5) is 28.8. The van der Waals surface area contributed by atoms with Crippen LogP contribution >= 0.6 is 11.6 Å². The lowest BCUT2D eigenvalue weighted by Gasteiger charge is -2.56. The zero-order valence-corrected chi connectivity index (χ0v) is 26.1. The molecule has 0 amide bonds. The molecule has 2 aliphatic rings. The molecule has 1 aliphatic heterocycles. The molecule has 42 heavy (non-hydrogen) atoms. The molecule has 236 valence electrons. The van der Waals surface area contributed by atoms with Gasteiger partial charge >= 0.3 is 12.1 Å². The number of halogens is 5. The average molecular weight is 619 g/mol. The molecule has 2 atom stereocenters. The van der Waals surface area contributed by atoms with Crippen molar-refractivity contribution in [2.45, 2.75) is 79.4 Å². The largest absolute Gasteiger partial charge is 0.480 e. The van der Waals surface area contributed by atoms with Gasteiger partial charge in [0.1, 0.15) is 29.2 Å². The highest BCUT2D eigenvalue weighted by molar-refractivity contribution is 6.15. The number of carbonyl (C=O) groups is 1. The summed E-state index contributed by atoms with van der Waals surface area (Å²) in [6, 6.07) is -0.511. The molecular weight excluding hydrogens is 576 g/mol. The van der Waals surface area contributed by atoms with Gasteiger partial charge in [-0.25, -0.2) is 9.37 Å². The third-order valence-electron chi connectivity index (χ3n) is 6.62. The molecule has 3 heterocycles. The third-order valence-corrected chi connectivity index (χ3v) is 6.62. The lowest BCUT2D eigenvalue weighted by molar-refractivity contribution is -0.149. The highest BCUT2D eigenvalue weighted by Crippen LogP contribution is 2.49. The zero-order chi connectivity index (χ0) is 32.8. The molecule has 1 saturated carbocycles. The summed E-state index contributed by atoms with van der Waals surface area (Å²) >= 11 is 4.64. The number of carboxylic acid groups (broad SMARTS) is 1. The number of rotatable bonds is 5. The number of nitrogens with zero attached hydrogens (tertiary/aromatic N) is 3. The number of hydrogen-bond acceptors (Lipinski definition) is 5. The molecule has 0 aromatic carbocycles. The molecular formula is C30H43ClF4N4O3. The van der Waals surface area contributed by atoms with Gasteiger partial charge in [0, 0.05) is 42.7 Å². The van der Waals surface area contributed by atoms with Crippen molar-refractivity contribution in [1.29, 1.82) is 0 Å². The smallest absolute Gasteiger partial charge is 0.407 e. The molecule has 2 aromatic rings. The zero-order valence-electron chi connectivity index (χ0n) is 25.4. The number of anilines is 1. The summed E-state index contributed by atoms with van der Waals surface area (Å²) in [6.45, 7) is 13.1. The normalized spacial score (nSPS) is 16.2. The van der Waals surface area contributed by atoms with Crippen molar-refractivity contribution >= 4 is 29.0 Å². The first-order valence-corrected chi connectivity index (χ1v) is 14.6. The van der Waals surface area contributed by atoms with Gasteiger partial charge in [0.15, 0.2) is 0 Å². The number of nitrogens with two attached hydrogens (primary N) is 1. The number of fused-ring (bicyclic) bond motifs is 1. The van der Waals surface area contributed by atoms with Crippen molar-refractivity contribution in [3.63, 3.8) is 0 Å². The number of allylic oxidation sites excluding steroid dienone is 1. The first kappa shape index (κ1) is 38.9. The van der Waals surface area contributed by atoms with Gasteiger partial charge < -0.3 is 15.7 Å². The quantitative estimate of drug-likeness (QED) is 0.162. The third kappa shape index (κ3) is 9.73. The van der Waals surface area contributed by atoms with Crippen LogP contribution < -0.4 is 16.2 Å². The van der Waals surface area contributed by atoms with E-state index in [2.05, 4.69) is 22.5 Å². The van der Waals surface area contributed by atoms with Crippen LogP contribution in [0.2, 0.25) is 0 Å². The van der Waals surface area contributed by atoms with Crippen LogP contribution in [0.3, 0.4) is 0 Å². The Labute approximate surface area is 250 Å². The van der Waals surface area contributed by atoms with E-state index in [1.54, 1.807) is 6.92 Å². The van der Waals surface area contributed by atoms with Crippen LogP contribution in [0.5, 0.6) is 0 Å². The summed E-state index contributed by atoms with van der Waals surface area (Å²) in [5, 5.41) is 8.59. The van der Waals surface area contributed by atoms with Crippen molar-refractivity contribution in [1.82, 2.24) is 9.38 Å². The number of pyridine rings is 1. The van der Waals surface area contributed by atoms with Crippen LogP contribution in [-0.4, -0.2) is 46.1 Å². The number of aliphatic carboxylic acids is 1. The Morgan fingerprint density at radius 3 is 2.19 bits per heavy atom. The van der Waals surface area contributed by atoms with Gasteiger partial charge in [0.25, 0.3) is 5.56 Å². The summed E-state index contributed by atoms with van der Waals surface area (Å²) < 4.78 is 53.5. The van der Waals surface area contributed by atoms with E-state index >= 15 is 0 Å². The van der Waals surface area contributed by atoms with Crippen molar-refractivity contribution in [2.24, 2.45) is 17.1 Å². The van der Waals surface area contributed by atoms with E-state index in [9.17, 15) is 27.2 Å². The second-order valence-corrected chi connectivity index (χ2v) is 9.28. The summed E-state index contributed by atoms with van der Waals surface area (Å²) in [6.07, 6.45) is 8.61. The monoisotopic (exact) mass is 618 g/mol. The Hall–Kier alpha value is -3.10. The SMILES string of the molecule is C#CC(C(=O)O)/C(C)=C\CC.CC.CC.CCl.NC(c1cc(F)cn2c(=O)cc(N3CC4(CCC4)C3)nc12)C(F)(F)F. The van der Waals surface area contributed by atoms with Gasteiger partial charge in [-0.2, -0.15) is 13.2 Å². The number of aromatic nitrogens is 2. The van der Waals surface area contributed by atoms with E-state index in [-0.39, 0.29) is 11.1 Å². The van der Waals surface area contributed by atoms with Crippen LogP contribution in [0.25, 0.3) is 5.65 Å². The fourth-order valence-electron chi connectivity index (χ4n) is 4.50. The summed E-state index contributed by atoms with van der Waals surface area (Å²) in [5.74, 6) is -0.152. The predicted molar refractivity (Wildman–Crippen MR) is 161 cm³/mol. The minimum atomic E-state index is -4.77. The highest BCUT2D eigenvalue weighted by Gasteiger charge is 2.48. The average Bonchev–Trinajstić information content (AvgIpc) is 2.90. The molecule has 0 radical (unpaired) electrons. The van der Waals surface area contributed by atoms with E-state index in [0.717, 1.165) is 48.5 Å². The Kier molecular flexibility index (Phi) is 16.5. The minimum Gasteiger partial charge on any atom is -0.480 e. The lowest BCUT2D eigenvalue weighted by atomic mass is 9.63. The predicted octanol–water partition coefficient (Wildman–Crippen LogP) is 6.97. The topological polar surface area (TPSA) is 101 Å². The van der Waals surface area contributed by atoms with Gasteiger partial charge in [-0.3, -0.25) is 14.0 Å². The molecule has 2 unspecified atom stereocenters. The fraction of sp³-hybridized carbons (Fsp3) is 0.567. The van der Waals surface area contributed by atoms with Gasteiger partial charge in [0.05, 0.1) is 0 Å². The number of carboxylic acids is 1. The fourth-order valence-corrected chi connectivity index (χ4v) is 4.50. The van der Waals surface area contributed by atoms with Crippen LogP contribution in [0.4, 0.5) is 23.4 Å². The van der Waals surface area contributed by atoms with Crippen LogP contribution in [0, 0.1) is 29.5 Å². The van der Waals surface area contributed by atoms with E-state index in [0.29, 0.717) is 11.9 Å². The van der Waals surface area contributed by atoms with Gasteiger partial charge in [-0.1, -0.05) is 58.6 Å². The standard InChI is InChI=1S/C16H16F4N4O.C9H12O2.2C2H6.CH3Cl/c17-9-4-10(13(21)16(18,19)20)14-22-11(5-12(25)24(14)6-9)23-7-15(8-23)2-1-3-15;1-4-6-7(3)8(5-2)9(10)11;3*1-2/h4-6,13H,1-3,7-8,21H2;2,6,8H,4H2,1,3H3,(H,10,11);2*1-2H3;1H3/b;7-6-;;;. The van der Waals surface area contributed by atoms with Gasteiger partial charge in [-0.15, -0.1) is 18.0 Å². The van der Waals surface area contributed by atoms with E-state index in [4.69, 9.17) is 17.3 Å². The van der Waals surface area contributed by atoms with E-state index < -0.39 is 41.0 Å². The van der Waals surface area contributed by atoms with Crippen molar-refractivity contribution in [3.8, 4) is 12.3 Å². The first-order valence-electron chi connectivity index (χ1n) is 13.9. The second-order valence-electron chi connectivity index (χ2n) is 9.28. The molecule has 2 fully saturated rings. The van der Waals surface area contributed by atoms with Gasteiger partial charge in [0.2, 0.25) is 0 Å². The van der Waals surface area contributed by atoms with Crippen molar-refractivity contribution < 1.29 is 27.5 Å². The lowest BCUT2D eigenvalue weighted by Crippen LogP contribution is -2.60. The number of terminal acetylenes is 1. The summed E-state index contributed by atoms with van der Waals surface area (Å²) in [5.41, 5.74) is 4.80. The van der Waals surface area contributed by atoms with Crippen molar-refractivity contribution in [2.75, 3.05) is 24.4 Å². The molecule has 1 aliphatic carbocycles. The number of alkyl halides is 4. The molecule has 3 N–H and O–H groups in total. The Balaban J connectivity index is 0.000000838. The van der Waals surface area contributed by atoms with E-state index in [1.165, 1.54) is 18.9 Å². The highest BCUT2D eigenvalue weighted by atomic mass is 35.5. The summed E-state index contributed by atoms with van der Waals surface area (Å²) in [7, 11) is 0. The molecule has 7 nitrogen and oxygen atoms in total. The Bertz CT molecular complexity index is 1280. The van der Waals surface area contributed by atoms with Crippen molar-refractivity contribution in [3.05, 3.63) is 51.7 Å². The van der Waals surface area contributed by atoms with E-state index in [1.807, 2.05) is 45.6 Å². The Morgan fingerprint density at radius 2 is 1.79 bits per heavy atom. The molecule has 0 bridgehead atoms. The molecule has 2 aromatic heterocycles. The molecule has 1 saturated heterocycles.